The number of nitrogens with zero attached hydrogens (tertiary/aromatic N) is 4. The second-order valence-electron chi connectivity index (χ2n) is 8.16. The van der Waals surface area contributed by atoms with E-state index in [1.807, 2.05) is 49.7 Å². The SMILES string of the molecule is C=C(C)/C=C\C(=C/C)Nc1nn(C2(CC#N)CCN(C(=C)C)CC2)c2cc[nH]c(=O)c12. The van der Waals surface area contributed by atoms with E-state index < -0.39 is 5.54 Å². The summed E-state index contributed by atoms with van der Waals surface area (Å²) in [5, 5.41) is 18.3. The maximum absolute atomic E-state index is 12.7. The fraction of sp³-hybridized carbons (Fsp3) is 0.375. The van der Waals surface area contributed by atoms with Crippen molar-refractivity contribution in [2.45, 2.75) is 45.6 Å². The molecule has 0 aliphatic carbocycles. The van der Waals surface area contributed by atoms with Gasteiger partial charge in [0.2, 0.25) is 0 Å². The predicted molar refractivity (Wildman–Crippen MR) is 126 cm³/mol. The van der Waals surface area contributed by atoms with Gasteiger partial charge in [0.15, 0.2) is 5.82 Å². The largest absolute Gasteiger partial charge is 0.375 e. The number of likely N-dealkylation sites (tertiary alicyclic amines) is 1. The average Bonchev–Trinajstić information content (AvgIpc) is 3.11. The van der Waals surface area contributed by atoms with Crippen molar-refractivity contribution in [3.63, 3.8) is 0 Å². The highest BCUT2D eigenvalue weighted by Gasteiger charge is 2.39. The van der Waals surface area contributed by atoms with Crippen molar-refractivity contribution in [3.8, 4) is 6.07 Å². The number of anilines is 1. The van der Waals surface area contributed by atoms with E-state index in [4.69, 9.17) is 5.10 Å². The van der Waals surface area contributed by atoms with Gasteiger partial charge < -0.3 is 15.2 Å². The maximum atomic E-state index is 12.7. The average molecular weight is 419 g/mol. The van der Waals surface area contributed by atoms with Crippen LogP contribution in [0, 0.1) is 11.3 Å². The van der Waals surface area contributed by atoms with Crippen molar-refractivity contribution >= 4 is 16.7 Å². The Kier molecular flexibility index (Phi) is 6.50. The third kappa shape index (κ3) is 4.48. The molecular formula is C24H30N6O. The zero-order valence-corrected chi connectivity index (χ0v) is 18.5. The molecule has 0 aromatic carbocycles. The molecule has 0 amide bonds. The summed E-state index contributed by atoms with van der Waals surface area (Å²) >= 11 is 0. The van der Waals surface area contributed by atoms with E-state index in [1.165, 1.54) is 0 Å². The Labute approximate surface area is 183 Å². The van der Waals surface area contributed by atoms with Gasteiger partial charge >= 0.3 is 0 Å². The predicted octanol–water partition coefficient (Wildman–Crippen LogP) is 4.41. The van der Waals surface area contributed by atoms with E-state index in [1.54, 1.807) is 6.20 Å². The van der Waals surface area contributed by atoms with E-state index in [0.29, 0.717) is 17.6 Å². The van der Waals surface area contributed by atoms with E-state index >= 15 is 0 Å². The molecule has 1 fully saturated rings. The summed E-state index contributed by atoms with van der Waals surface area (Å²) in [6, 6.07) is 4.21. The van der Waals surface area contributed by atoms with Gasteiger partial charge in [-0.3, -0.25) is 9.48 Å². The van der Waals surface area contributed by atoms with Crippen molar-refractivity contribution in [3.05, 3.63) is 71.0 Å². The molecule has 0 radical (unpaired) electrons. The number of pyridine rings is 1. The number of piperidine rings is 1. The van der Waals surface area contributed by atoms with Crippen LogP contribution in [0.4, 0.5) is 5.82 Å². The summed E-state index contributed by atoms with van der Waals surface area (Å²) in [6.45, 7) is 15.4. The highest BCUT2D eigenvalue weighted by atomic mass is 16.1. The summed E-state index contributed by atoms with van der Waals surface area (Å²) in [4.78, 5) is 17.7. The quantitative estimate of drug-likeness (QED) is 0.650. The van der Waals surface area contributed by atoms with E-state index in [9.17, 15) is 10.1 Å². The molecule has 162 valence electrons. The molecule has 2 aromatic heterocycles. The highest BCUT2D eigenvalue weighted by molar-refractivity contribution is 5.90. The Hall–Kier alpha value is -3.53. The lowest BCUT2D eigenvalue weighted by Crippen LogP contribution is -2.45. The van der Waals surface area contributed by atoms with E-state index in [2.05, 4.69) is 34.4 Å². The molecule has 1 saturated heterocycles. The van der Waals surface area contributed by atoms with Gasteiger partial charge in [0.05, 0.1) is 23.5 Å². The molecule has 3 rings (SSSR count). The van der Waals surface area contributed by atoms with Gasteiger partial charge in [-0.25, -0.2) is 0 Å². The lowest BCUT2D eigenvalue weighted by molar-refractivity contribution is 0.129. The van der Waals surface area contributed by atoms with Gasteiger partial charge in [0.1, 0.15) is 5.39 Å². The monoisotopic (exact) mass is 418 g/mol. The molecule has 7 nitrogen and oxygen atoms in total. The Morgan fingerprint density at radius 1 is 1.35 bits per heavy atom. The van der Waals surface area contributed by atoms with Crippen LogP contribution in [-0.2, 0) is 5.54 Å². The summed E-state index contributed by atoms with van der Waals surface area (Å²) in [5.41, 5.74) is 2.80. The molecular weight excluding hydrogens is 388 g/mol. The molecule has 0 atom stereocenters. The molecule has 7 heteroatoms. The molecule has 2 aromatic rings. The molecule has 1 aliphatic heterocycles. The molecule has 2 N–H and O–H groups in total. The van der Waals surface area contributed by atoms with Crippen LogP contribution in [0.25, 0.3) is 10.9 Å². The first-order valence-electron chi connectivity index (χ1n) is 10.5. The van der Waals surface area contributed by atoms with Crippen molar-refractivity contribution in [2.24, 2.45) is 0 Å². The molecule has 0 spiro atoms. The van der Waals surface area contributed by atoms with Crippen LogP contribution < -0.4 is 10.9 Å². The van der Waals surface area contributed by atoms with Crippen molar-refractivity contribution in [1.82, 2.24) is 19.7 Å². The summed E-state index contributed by atoms with van der Waals surface area (Å²) in [6.07, 6.45) is 9.18. The topological polar surface area (TPSA) is 89.7 Å². The van der Waals surface area contributed by atoms with Crippen molar-refractivity contribution in [1.29, 1.82) is 5.26 Å². The van der Waals surface area contributed by atoms with Gasteiger partial charge in [0.25, 0.3) is 5.56 Å². The first-order valence-corrected chi connectivity index (χ1v) is 10.5. The second-order valence-corrected chi connectivity index (χ2v) is 8.16. The summed E-state index contributed by atoms with van der Waals surface area (Å²) in [7, 11) is 0. The van der Waals surface area contributed by atoms with Crippen LogP contribution in [0.1, 0.15) is 40.0 Å². The van der Waals surface area contributed by atoms with Gasteiger partial charge in [-0.05, 0) is 45.8 Å². The fourth-order valence-corrected chi connectivity index (χ4v) is 4.02. The van der Waals surface area contributed by atoms with E-state index in [-0.39, 0.29) is 5.56 Å². The number of rotatable bonds is 7. The third-order valence-electron chi connectivity index (χ3n) is 5.82. The number of aromatic amines is 1. The minimum absolute atomic E-state index is 0.211. The lowest BCUT2D eigenvalue weighted by atomic mass is 9.84. The third-order valence-corrected chi connectivity index (χ3v) is 5.82. The van der Waals surface area contributed by atoms with Gasteiger partial charge in [-0.1, -0.05) is 30.9 Å². The number of aromatic nitrogens is 3. The molecule has 31 heavy (non-hydrogen) atoms. The van der Waals surface area contributed by atoms with Crippen LogP contribution >= 0.6 is 0 Å². The van der Waals surface area contributed by atoms with Crippen molar-refractivity contribution in [2.75, 3.05) is 18.4 Å². The van der Waals surface area contributed by atoms with Crippen molar-refractivity contribution < 1.29 is 0 Å². The Bertz CT molecular complexity index is 1150. The number of hydrogen-bond acceptors (Lipinski definition) is 5. The Morgan fingerprint density at radius 2 is 2.06 bits per heavy atom. The Balaban J connectivity index is 2.10. The summed E-state index contributed by atoms with van der Waals surface area (Å²) in [5.74, 6) is 0.482. The number of fused-ring (bicyclic) bond motifs is 1. The second kappa shape index (κ2) is 9.09. The Morgan fingerprint density at radius 3 is 2.65 bits per heavy atom. The van der Waals surface area contributed by atoms with Crippen LogP contribution in [0.5, 0.6) is 0 Å². The molecule has 0 saturated carbocycles. The van der Waals surface area contributed by atoms with Crippen LogP contribution in [0.3, 0.4) is 0 Å². The van der Waals surface area contributed by atoms with Gasteiger partial charge in [0, 0.05) is 30.7 Å². The minimum Gasteiger partial charge on any atom is -0.375 e. The minimum atomic E-state index is -0.476. The summed E-state index contributed by atoms with van der Waals surface area (Å²) < 4.78 is 1.90. The van der Waals surface area contributed by atoms with Crippen LogP contribution in [-0.4, -0.2) is 32.8 Å². The number of hydrogen-bond donors (Lipinski definition) is 2. The number of nitrogens with one attached hydrogen (secondary N) is 2. The number of allylic oxidation sites excluding steroid dienone is 5. The standard InChI is InChI=1S/C24H30N6O/c1-6-19(8-7-17(2)3)27-22-21-20(9-14-26-23(21)31)30(28-22)24(10-13-25)11-15-29(16-12-24)18(4)5/h6-9,14H,2,4,10-12,15-16H2,1,3,5H3,(H,26,31)(H,27,28)/b8-7-,19-6+. The number of H-pyrrole nitrogens is 1. The van der Waals surface area contributed by atoms with Gasteiger partial charge in [-0.15, -0.1) is 0 Å². The molecule has 0 bridgehead atoms. The zero-order chi connectivity index (χ0) is 22.6. The maximum Gasteiger partial charge on any atom is 0.261 e. The first kappa shape index (κ1) is 22.2. The fourth-order valence-electron chi connectivity index (χ4n) is 4.02. The van der Waals surface area contributed by atoms with Crippen LogP contribution in [0.15, 0.2) is 65.4 Å². The smallest absolute Gasteiger partial charge is 0.261 e. The molecule has 1 aliphatic rings. The lowest BCUT2D eigenvalue weighted by Gasteiger charge is -2.42. The highest BCUT2D eigenvalue weighted by Crippen LogP contribution is 2.37. The zero-order valence-electron chi connectivity index (χ0n) is 18.5. The number of nitriles is 1. The van der Waals surface area contributed by atoms with Crippen LogP contribution in [0.2, 0.25) is 0 Å². The van der Waals surface area contributed by atoms with Gasteiger partial charge in [-0.2, -0.15) is 10.4 Å². The van der Waals surface area contributed by atoms with E-state index in [0.717, 1.165) is 48.4 Å². The normalized spacial score (nSPS) is 16.5. The molecule has 0 unspecified atom stereocenters. The first-order chi connectivity index (χ1) is 14.8. The molecule has 3 heterocycles.